The molecule has 0 saturated carbocycles. The van der Waals surface area contributed by atoms with Crippen molar-refractivity contribution in [2.45, 2.75) is 13.3 Å². The van der Waals surface area contributed by atoms with Gasteiger partial charge in [-0.15, -0.1) is 0 Å². The summed E-state index contributed by atoms with van der Waals surface area (Å²) < 4.78 is 7.10. The molecule has 94 valence electrons. The molecule has 0 aliphatic heterocycles. The molecular formula is C15H16INO. The van der Waals surface area contributed by atoms with E-state index >= 15 is 0 Å². The Labute approximate surface area is 121 Å². The molecule has 0 aromatic heterocycles. The Morgan fingerprint density at radius 3 is 2.72 bits per heavy atom. The molecule has 0 atom stereocenters. The summed E-state index contributed by atoms with van der Waals surface area (Å²) in [6.45, 7) is 2.71. The average Bonchev–Trinajstić information content (AvgIpc) is 2.34. The van der Waals surface area contributed by atoms with Gasteiger partial charge in [-0.1, -0.05) is 18.2 Å². The lowest BCUT2D eigenvalue weighted by Crippen LogP contribution is -2.02. The number of aryl methyl sites for hydroxylation is 1. The second kappa shape index (κ2) is 6.20. The molecule has 18 heavy (non-hydrogen) atoms. The molecular weight excluding hydrogens is 337 g/mol. The van der Waals surface area contributed by atoms with Crippen molar-refractivity contribution in [3.63, 3.8) is 0 Å². The lowest BCUT2D eigenvalue weighted by Gasteiger charge is -2.10. The van der Waals surface area contributed by atoms with E-state index in [9.17, 15) is 0 Å². The first-order valence-corrected chi connectivity index (χ1v) is 7.00. The molecule has 0 fully saturated rings. The van der Waals surface area contributed by atoms with E-state index < -0.39 is 0 Å². The summed E-state index contributed by atoms with van der Waals surface area (Å²) in [5.41, 5.74) is 7.92. The van der Waals surface area contributed by atoms with Gasteiger partial charge < -0.3 is 10.5 Å². The van der Waals surface area contributed by atoms with Crippen LogP contribution in [-0.2, 0) is 6.42 Å². The second-order valence-electron chi connectivity index (χ2n) is 4.20. The van der Waals surface area contributed by atoms with Crippen molar-refractivity contribution >= 4 is 22.6 Å². The quantitative estimate of drug-likeness (QED) is 0.847. The standard InChI is InChI=1S/C15H16INO/c1-11-5-6-12(7-8-17)9-15(11)18-14-4-2-3-13(16)10-14/h2-6,9-10H,7-8,17H2,1H3. The fourth-order valence-corrected chi connectivity index (χ4v) is 2.25. The summed E-state index contributed by atoms with van der Waals surface area (Å²) in [5, 5.41) is 0. The molecule has 2 nitrogen and oxygen atoms in total. The van der Waals surface area contributed by atoms with Crippen LogP contribution in [0.3, 0.4) is 0 Å². The zero-order valence-corrected chi connectivity index (χ0v) is 12.5. The predicted molar refractivity (Wildman–Crippen MR) is 83.2 cm³/mol. The molecule has 0 aliphatic rings. The first-order chi connectivity index (χ1) is 8.69. The van der Waals surface area contributed by atoms with Crippen LogP contribution in [0, 0.1) is 10.5 Å². The number of ether oxygens (including phenoxy) is 1. The Bertz CT molecular complexity index is 540. The van der Waals surface area contributed by atoms with E-state index in [4.69, 9.17) is 10.5 Å². The monoisotopic (exact) mass is 353 g/mol. The van der Waals surface area contributed by atoms with Crippen LogP contribution in [0.15, 0.2) is 42.5 Å². The van der Waals surface area contributed by atoms with E-state index in [1.165, 1.54) is 9.13 Å². The number of nitrogens with two attached hydrogens (primary N) is 1. The highest BCUT2D eigenvalue weighted by Gasteiger charge is 2.03. The molecule has 2 rings (SSSR count). The van der Waals surface area contributed by atoms with E-state index in [0.717, 1.165) is 23.5 Å². The van der Waals surface area contributed by atoms with Crippen molar-refractivity contribution in [3.8, 4) is 11.5 Å². The minimum atomic E-state index is 0.658. The van der Waals surface area contributed by atoms with E-state index in [-0.39, 0.29) is 0 Å². The summed E-state index contributed by atoms with van der Waals surface area (Å²) in [6, 6.07) is 14.3. The van der Waals surface area contributed by atoms with Crippen molar-refractivity contribution in [2.24, 2.45) is 5.73 Å². The molecule has 0 saturated heterocycles. The zero-order valence-electron chi connectivity index (χ0n) is 10.3. The largest absolute Gasteiger partial charge is 0.457 e. The van der Waals surface area contributed by atoms with Gasteiger partial charge in [0, 0.05) is 3.57 Å². The van der Waals surface area contributed by atoms with E-state index in [1.807, 2.05) is 24.3 Å². The molecule has 0 bridgehead atoms. The van der Waals surface area contributed by atoms with Gasteiger partial charge in [-0.3, -0.25) is 0 Å². The van der Waals surface area contributed by atoms with Gasteiger partial charge in [0.05, 0.1) is 0 Å². The minimum absolute atomic E-state index is 0.658. The van der Waals surface area contributed by atoms with Crippen LogP contribution in [0.2, 0.25) is 0 Å². The lowest BCUT2D eigenvalue weighted by atomic mass is 10.1. The highest BCUT2D eigenvalue weighted by molar-refractivity contribution is 14.1. The van der Waals surface area contributed by atoms with E-state index in [2.05, 4.69) is 47.7 Å². The summed E-state index contributed by atoms with van der Waals surface area (Å²) in [4.78, 5) is 0. The van der Waals surface area contributed by atoms with Crippen LogP contribution in [-0.4, -0.2) is 6.54 Å². The smallest absolute Gasteiger partial charge is 0.130 e. The summed E-state index contributed by atoms with van der Waals surface area (Å²) in [7, 11) is 0. The molecule has 0 spiro atoms. The zero-order chi connectivity index (χ0) is 13.0. The predicted octanol–water partition coefficient (Wildman–Crippen LogP) is 3.89. The average molecular weight is 353 g/mol. The van der Waals surface area contributed by atoms with E-state index in [1.54, 1.807) is 0 Å². The topological polar surface area (TPSA) is 35.2 Å². The van der Waals surface area contributed by atoms with Gasteiger partial charge in [0.15, 0.2) is 0 Å². The molecule has 0 radical (unpaired) electrons. The van der Waals surface area contributed by atoms with Crippen molar-refractivity contribution in [2.75, 3.05) is 6.54 Å². The third-order valence-electron chi connectivity index (χ3n) is 2.71. The maximum absolute atomic E-state index is 5.93. The first kappa shape index (κ1) is 13.4. The van der Waals surface area contributed by atoms with E-state index in [0.29, 0.717) is 6.54 Å². The first-order valence-electron chi connectivity index (χ1n) is 5.92. The van der Waals surface area contributed by atoms with Crippen LogP contribution in [0.1, 0.15) is 11.1 Å². The molecule has 2 N–H and O–H groups in total. The maximum Gasteiger partial charge on any atom is 0.130 e. The molecule has 2 aromatic rings. The van der Waals surface area contributed by atoms with Crippen LogP contribution >= 0.6 is 22.6 Å². The summed E-state index contributed by atoms with van der Waals surface area (Å²) in [5.74, 6) is 1.78. The maximum atomic E-state index is 5.93. The molecule has 0 unspecified atom stereocenters. The van der Waals surface area contributed by atoms with Crippen molar-refractivity contribution in [1.82, 2.24) is 0 Å². The van der Waals surface area contributed by atoms with Crippen LogP contribution in [0.4, 0.5) is 0 Å². The number of benzene rings is 2. The van der Waals surface area contributed by atoms with Gasteiger partial charge in [-0.2, -0.15) is 0 Å². The van der Waals surface area contributed by atoms with Crippen LogP contribution in [0.25, 0.3) is 0 Å². The van der Waals surface area contributed by atoms with Gasteiger partial charge >= 0.3 is 0 Å². The Morgan fingerprint density at radius 2 is 2.00 bits per heavy atom. The third kappa shape index (κ3) is 3.46. The van der Waals surface area contributed by atoms with Crippen LogP contribution in [0.5, 0.6) is 11.5 Å². The van der Waals surface area contributed by atoms with Crippen molar-refractivity contribution < 1.29 is 4.74 Å². The molecule has 0 aliphatic carbocycles. The lowest BCUT2D eigenvalue weighted by molar-refractivity contribution is 0.478. The molecule has 2 aromatic carbocycles. The number of rotatable bonds is 4. The second-order valence-corrected chi connectivity index (χ2v) is 5.44. The third-order valence-corrected chi connectivity index (χ3v) is 3.38. The molecule has 0 heterocycles. The highest BCUT2D eigenvalue weighted by Crippen LogP contribution is 2.27. The highest BCUT2D eigenvalue weighted by atomic mass is 127. The summed E-state index contributed by atoms with van der Waals surface area (Å²) in [6.07, 6.45) is 0.878. The van der Waals surface area contributed by atoms with Gasteiger partial charge in [-0.25, -0.2) is 0 Å². The summed E-state index contributed by atoms with van der Waals surface area (Å²) >= 11 is 2.28. The van der Waals surface area contributed by atoms with Gasteiger partial charge in [0.2, 0.25) is 0 Å². The van der Waals surface area contributed by atoms with Crippen LogP contribution < -0.4 is 10.5 Å². The van der Waals surface area contributed by atoms with Gasteiger partial charge in [0.25, 0.3) is 0 Å². The fourth-order valence-electron chi connectivity index (χ4n) is 1.73. The Hall–Kier alpha value is -1.07. The fraction of sp³-hybridized carbons (Fsp3) is 0.200. The Kier molecular flexibility index (Phi) is 4.60. The van der Waals surface area contributed by atoms with Crippen molar-refractivity contribution in [1.29, 1.82) is 0 Å². The number of halogens is 1. The van der Waals surface area contributed by atoms with Gasteiger partial charge in [0.1, 0.15) is 11.5 Å². The normalized spacial score (nSPS) is 10.4. The Morgan fingerprint density at radius 1 is 1.17 bits per heavy atom. The van der Waals surface area contributed by atoms with Crippen molar-refractivity contribution in [3.05, 3.63) is 57.2 Å². The molecule has 3 heteroatoms. The SMILES string of the molecule is Cc1ccc(CCN)cc1Oc1cccc(I)c1. The number of hydrogen-bond acceptors (Lipinski definition) is 2. The Balaban J connectivity index is 2.25. The van der Waals surface area contributed by atoms with Gasteiger partial charge in [-0.05, 0) is 77.9 Å². The number of hydrogen-bond donors (Lipinski definition) is 1. The molecule has 0 amide bonds. The minimum Gasteiger partial charge on any atom is -0.457 e.